The number of H-pyrrole nitrogens is 1. The molecule has 1 amide bonds. The summed E-state index contributed by atoms with van der Waals surface area (Å²) >= 11 is 0. The van der Waals surface area contributed by atoms with Crippen LogP contribution in [0.25, 0.3) is 17.0 Å². The smallest absolute Gasteiger partial charge is 0.338 e. The molecule has 1 aromatic heterocycles. The third-order valence-electron chi connectivity index (χ3n) is 5.90. The monoisotopic (exact) mass is 443 g/mol. The molecule has 1 N–H and O–H groups in total. The van der Waals surface area contributed by atoms with Crippen LogP contribution in [0.5, 0.6) is 0 Å². The average Bonchev–Trinajstić information content (AvgIpc) is 3.34. The number of benzene rings is 2. The molecule has 0 bridgehead atoms. The molecule has 0 spiro atoms. The van der Waals surface area contributed by atoms with Gasteiger partial charge in [0.05, 0.1) is 23.9 Å². The Balaban J connectivity index is 1.58. The lowest BCUT2D eigenvalue weighted by Crippen LogP contribution is -2.39. The van der Waals surface area contributed by atoms with Gasteiger partial charge in [-0.1, -0.05) is 30.3 Å². The molecule has 5 rings (SSSR count). The largest absolute Gasteiger partial charge is 0.463 e. The Bertz CT molecular complexity index is 1330. The van der Waals surface area contributed by atoms with Crippen molar-refractivity contribution in [3.8, 4) is 0 Å². The van der Waals surface area contributed by atoms with Crippen molar-refractivity contribution in [3.63, 3.8) is 0 Å². The molecular formula is C26H22FN3O3. The van der Waals surface area contributed by atoms with Gasteiger partial charge in [0.15, 0.2) is 0 Å². The van der Waals surface area contributed by atoms with E-state index in [1.165, 1.54) is 17.0 Å². The number of aromatic amines is 1. The Morgan fingerprint density at radius 3 is 2.73 bits per heavy atom. The number of para-hydroxylation sites is 1. The number of hydrogen-bond acceptors (Lipinski definition) is 4. The summed E-state index contributed by atoms with van der Waals surface area (Å²) in [5.41, 5.74) is 3.75. The number of carbonyl (C=O) groups is 2. The number of carbonyl (C=O) groups excluding carboxylic acids is 2. The molecule has 0 saturated carbocycles. The van der Waals surface area contributed by atoms with Crippen LogP contribution in [-0.2, 0) is 14.3 Å². The number of aromatic nitrogens is 1. The summed E-state index contributed by atoms with van der Waals surface area (Å²) < 4.78 is 18.9. The van der Waals surface area contributed by atoms with Crippen LogP contribution in [0.2, 0.25) is 0 Å². The van der Waals surface area contributed by atoms with E-state index in [9.17, 15) is 14.0 Å². The van der Waals surface area contributed by atoms with E-state index in [1.807, 2.05) is 36.4 Å². The fourth-order valence-corrected chi connectivity index (χ4v) is 4.45. The Morgan fingerprint density at radius 1 is 1.24 bits per heavy atom. The van der Waals surface area contributed by atoms with Crippen LogP contribution < -0.4 is 0 Å². The topological polar surface area (TPSA) is 74.8 Å². The maximum absolute atomic E-state index is 13.6. The van der Waals surface area contributed by atoms with E-state index in [0.29, 0.717) is 29.1 Å². The average molecular weight is 443 g/mol. The summed E-state index contributed by atoms with van der Waals surface area (Å²) in [7, 11) is 0. The summed E-state index contributed by atoms with van der Waals surface area (Å²) in [5, 5.41) is 1.05. The van der Waals surface area contributed by atoms with Crippen molar-refractivity contribution in [2.75, 3.05) is 6.61 Å². The number of amidine groups is 1. The third kappa shape index (κ3) is 3.65. The minimum atomic E-state index is -0.738. The first-order chi connectivity index (χ1) is 16.0. The van der Waals surface area contributed by atoms with Gasteiger partial charge in [-0.2, -0.15) is 0 Å². The lowest BCUT2D eigenvalue weighted by Gasteiger charge is -2.33. The molecule has 0 radical (unpaired) electrons. The number of nitrogens with one attached hydrogen (secondary N) is 1. The highest BCUT2D eigenvalue weighted by Gasteiger charge is 2.44. The fourth-order valence-electron chi connectivity index (χ4n) is 4.45. The maximum atomic E-state index is 13.6. The number of fused-ring (bicyclic) bond motifs is 2. The van der Waals surface area contributed by atoms with Crippen LogP contribution in [0.15, 0.2) is 76.4 Å². The van der Waals surface area contributed by atoms with Crippen molar-refractivity contribution in [1.29, 1.82) is 0 Å². The molecule has 1 unspecified atom stereocenters. The predicted octanol–water partition coefficient (Wildman–Crippen LogP) is 4.91. The summed E-state index contributed by atoms with van der Waals surface area (Å²) in [4.78, 5) is 35.8. The summed E-state index contributed by atoms with van der Waals surface area (Å²) in [6, 6.07) is 14.9. The molecule has 2 aliphatic heterocycles. The van der Waals surface area contributed by atoms with E-state index in [0.717, 1.165) is 16.6 Å². The second kappa shape index (κ2) is 8.16. The second-order valence-corrected chi connectivity index (χ2v) is 8.04. The molecule has 3 aromatic rings. The lowest BCUT2D eigenvalue weighted by atomic mass is 9.94. The summed E-state index contributed by atoms with van der Waals surface area (Å²) in [5.74, 6) is -0.611. The summed E-state index contributed by atoms with van der Waals surface area (Å²) in [6.07, 6.45) is 2.16. The number of hydrogen-bond donors (Lipinski definition) is 1. The van der Waals surface area contributed by atoms with Crippen LogP contribution >= 0.6 is 0 Å². The number of nitrogens with zero attached hydrogens (tertiary/aromatic N) is 2. The zero-order valence-corrected chi connectivity index (χ0v) is 18.3. The van der Waals surface area contributed by atoms with Gasteiger partial charge >= 0.3 is 5.97 Å². The predicted molar refractivity (Wildman–Crippen MR) is 124 cm³/mol. The third-order valence-corrected chi connectivity index (χ3v) is 5.90. The SMILES string of the molecule is CCOC(=O)C1=C(C)N=C2C/C(=C/c3cc4ccccc4[nH]3)C(=O)N2C1c1ccc(F)cc1. The second-order valence-electron chi connectivity index (χ2n) is 8.04. The highest BCUT2D eigenvalue weighted by molar-refractivity contribution is 6.19. The van der Waals surface area contributed by atoms with Crippen molar-refractivity contribution < 1.29 is 18.7 Å². The van der Waals surface area contributed by atoms with Crippen molar-refractivity contribution in [1.82, 2.24) is 9.88 Å². The van der Waals surface area contributed by atoms with E-state index in [2.05, 4.69) is 9.98 Å². The van der Waals surface area contributed by atoms with Gasteiger partial charge in [-0.15, -0.1) is 0 Å². The van der Waals surface area contributed by atoms with Gasteiger partial charge in [0, 0.05) is 23.2 Å². The van der Waals surface area contributed by atoms with Crippen LogP contribution in [0.1, 0.15) is 37.6 Å². The quantitative estimate of drug-likeness (QED) is 0.460. The lowest BCUT2D eigenvalue weighted by molar-refractivity contribution is -0.139. The molecule has 166 valence electrons. The normalized spacial score (nSPS) is 19.3. The van der Waals surface area contributed by atoms with Crippen molar-refractivity contribution in [3.05, 3.63) is 88.5 Å². The first kappa shape index (κ1) is 20.9. The number of rotatable bonds is 4. The van der Waals surface area contributed by atoms with Crippen molar-refractivity contribution in [2.45, 2.75) is 26.3 Å². The van der Waals surface area contributed by atoms with Gasteiger partial charge in [-0.3, -0.25) is 9.69 Å². The molecule has 33 heavy (non-hydrogen) atoms. The number of allylic oxidation sites excluding steroid dienone is 1. The van der Waals surface area contributed by atoms with Crippen LogP contribution in [0.3, 0.4) is 0 Å². The molecule has 7 heteroatoms. The first-order valence-electron chi connectivity index (χ1n) is 10.8. The Hall–Kier alpha value is -4.00. The van der Waals surface area contributed by atoms with Gasteiger partial charge in [0.25, 0.3) is 5.91 Å². The van der Waals surface area contributed by atoms with Gasteiger partial charge < -0.3 is 9.72 Å². The van der Waals surface area contributed by atoms with E-state index in [1.54, 1.807) is 26.0 Å². The number of ether oxygens (including phenoxy) is 1. The van der Waals surface area contributed by atoms with Gasteiger partial charge in [0.2, 0.25) is 0 Å². The number of halogens is 1. The minimum Gasteiger partial charge on any atom is -0.463 e. The molecule has 2 aliphatic rings. The van der Waals surface area contributed by atoms with Crippen molar-refractivity contribution in [2.24, 2.45) is 4.99 Å². The van der Waals surface area contributed by atoms with Crippen LogP contribution in [-0.4, -0.2) is 34.2 Å². The van der Waals surface area contributed by atoms with E-state index in [4.69, 9.17) is 4.74 Å². The molecule has 1 fully saturated rings. The molecule has 1 atom stereocenters. The Labute approximate surface area is 190 Å². The number of aliphatic imine (C=N–C) groups is 1. The highest BCUT2D eigenvalue weighted by Crippen LogP contribution is 2.41. The van der Waals surface area contributed by atoms with E-state index in [-0.39, 0.29) is 18.1 Å². The Morgan fingerprint density at radius 2 is 2.00 bits per heavy atom. The molecular weight excluding hydrogens is 421 g/mol. The van der Waals surface area contributed by atoms with E-state index < -0.39 is 17.8 Å². The van der Waals surface area contributed by atoms with Gasteiger partial charge in [0.1, 0.15) is 11.7 Å². The van der Waals surface area contributed by atoms with E-state index >= 15 is 0 Å². The van der Waals surface area contributed by atoms with Gasteiger partial charge in [-0.05, 0) is 55.1 Å². The molecule has 3 heterocycles. The van der Waals surface area contributed by atoms with Gasteiger partial charge in [-0.25, -0.2) is 14.2 Å². The van der Waals surface area contributed by atoms with Crippen molar-refractivity contribution >= 4 is 34.7 Å². The number of amides is 1. The van der Waals surface area contributed by atoms with Crippen LogP contribution in [0.4, 0.5) is 4.39 Å². The molecule has 1 saturated heterocycles. The maximum Gasteiger partial charge on any atom is 0.338 e. The standard InChI is InChI=1S/C26H22FN3O3/c1-3-33-26(32)23-15(2)28-22-14-18(13-20-12-17-6-4-5-7-21(17)29-20)25(31)30(22)24(23)16-8-10-19(27)11-9-16/h4-13,24,29H,3,14H2,1-2H3/b18-13-. The Kier molecular flexibility index (Phi) is 5.17. The first-order valence-corrected chi connectivity index (χ1v) is 10.8. The number of esters is 1. The fraction of sp³-hybridized carbons (Fsp3) is 0.192. The molecule has 0 aliphatic carbocycles. The van der Waals surface area contributed by atoms with Crippen LogP contribution in [0, 0.1) is 5.82 Å². The zero-order chi connectivity index (χ0) is 23.1. The highest BCUT2D eigenvalue weighted by atomic mass is 19.1. The minimum absolute atomic E-state index is 0.196. The zero-order valence-electron chi connectivity index (χ0n) is 18.3. The summed E-state index contributed by atoms with van der Waals surface area (Å²) in [6.45, 7) is 3.65. The molecule has 2 aromatic carbocycles. The molecule has 6 nitrogen and oxygen atoms in total.